The zero-order valence-corrected chi connectivity index (χ0v) is 12.9. The summed E-state index contributed by atoms with van der Waals surface area (Å²) in [6.45, 7) is 3.73. The fourth-order valence-electron chi connectivity index (χ4n) is 2.06. The minimum absolute atomic E-state index is 0.813. The van der Waals surface area contributed by atoms with E-state index in [0.29, 0.717) is 0 Å². The van der Waals surface area contributed by atoms with Gasteiger partial charge in [0.1, 0.15) is 0 Å². The summed E-state index contributed by atoms with van der Waals surface area (Å²) in [5, 5.41) is 7.80. The molecule has 0 saturated carbocycles. The lowest BCUT2D eigenvalue weighted by Crippen LogP contribution is -2.12. The number of nitrogens with zero attached hydrogens (tertiary/aromatic N) is 1. The first-order valence-electron chi connectivity index (χ1n) is 6.56. The van der Waals surface area contributed by atoms with E-state index in [-0.39, 0.29) is 0 Å². The van der Waals surface area contributed by atoms with Crippen molar-refractivity contribution in [1.29, 1.82) is 0 Å². The highest BCUT2D eigenvalue weighted by Gasteiger charge is 2.03. The predicted octanol–water partition coefficient (Wildman–Crippen LogP) is 4.47. The molecule has 0 saturated heterocycles. The second kappa shape index (κ2) is 6.31. The SMILES string of the molecule is Cc1cccc(CNCc2cc(-c3cccs3)cs2)n1. The first-order valence-corrected chi connectivity index (χ1v) is 8.32. The first kappa shape index (κ1) is 13.5. The number of aromatic nitrogens is 1. The highest BCUT2D eigenvalue weighted by atomic mass is 32.1. The van der Waals surface area contributed by atoms with Crippen molar-refractivity contribution in [2.24, 2.45) is 0 Å². The number of hydrogen-bond donors (Lipinski definition) is 1. The maximum absolute atomic E-state index is 4.49. The smallest absolute Gasteiger partial charge is 0.0544 e. The second-order valence-electron chi connectivity index (χ2n) is 4.65. The molecular weight excluding hydrogens is 284 g/mol. The maximum atomic E-state index is 4.49. The van der Waals surface area contributed by atoms with Gasteiger partial charge in [0.05, 0.1) is 5.69 Å². The zero-order chi connectivity index (χ0) is 13.8. The third-order valence-corrected chi connectivity index (χ3v) is 4.87. The third-order valence-electron chi connectivity index (χ3n) is 3.01. The van der Waals surface area contributed by atoms with Crippen LogP contribution in [0.3, 0.4) is 0 Å². The quantitative estimate of drug-likeness (QED) is 0.752. The van der Waals surface area contributed by atoms with E-state index in [1.54, 1.807) is 11.3 Å². The van der Waals surface area contributed by atoms with Gasteiger partial charge in [-0.25, -0.2) is 0 Å². The average molecular weight is 300 g/mol. The van der Waals surface area contributed by atoms with Gasteiger partial charge in [-0.2, -0.15) is 0 Å². The monoisotopic (exact) mass is 300 g/mol. The van der Waals surface area contributed by atoms with Crippen molar-refractivity contribution in [2.75, 3.05) is 0 Å². The van der Waals surface area contributed by atoms with Crippen molar-refractivity contribution in [3.8, 4) is 10.4 Å². The lowest BCUT2D eigenvalue weighted by atomic mass is 10.2. The van der Waals surface area contributed by atoms with Crippen LogP contribution in [0.1, 0.15) is 16.3 Å². The highest BCUT2D eigenvalue weighted by Crippen LogP contribution is 2.29. The summed E-state index contributed by atoms with van der Waals surface area (Å²) in [7, 11) is 0. The number of nitrogens with one attached hydrogen (secondary N) is 1. The zero-order valence-electron chi connectivity index (χ0n) is 11.3. The summed E-state index contributed by atoms with van der Waals surface area (Å²) < 4.78 is 0. The lowest BCUT2D eigenvalue weighted by molar-refractivity contribution is 0.685. The van der Waals surface area contributed by atoms with Crippen molar-refractivity contribution in [2.45, 2.75) is 20.0 Å². The lowest BCUT2D eigenvalue weighted by Gasteiger charge is -2.03. The summed E-state index contributed by atoms with van der Waals surface area (Å²) >= 11 is 3.60. The number of aryl methyl sites for hydroxylation is 1. The Labute approximate surface area is 127 Å². The van der Waals surface area contributed by atoms with Crippen LogP contribution in [0.2, 0.25) is 0 Å². The van der Waals surface area contributed by atoms with Gasteiger partial charge in [-0.3, -0.25) is 4.98 Å². The topological polar surface area (TPSA) is 24.9 Å². The molecule has 3 aromatic heterocycles. The Morgan fingerprint density at radius 3 is 2.85 bits per heavy atom. The van der Waals surface area contributed by atoms with Crippen LogP contribution in [0.25, 0.3) is 10.4 Å². The minimum atomic E-state index is 0.813. The summed E-state index contributed by atoms with van der Waals surface area (Å²) in [5.41, 5.74) is 3.50. The normalized spacial score (nSPS) is 10.8. The maximum Gasteiger partial charge on any atom is 0.0544 e. The van der Waals surface area contributed by atoms with E-state index in [0.717, 1.165) is 24.5 Å². The van der Waals surface area contributed by atoms with Crippen LogP contribution in [0.15, 0.2) is 47.2 Å². The summed E-state index contributed by atoms with van der Waals surface area (Å²) in [4.78, 5) is 7.20. The van der Waals surface area contributed by atoms with Crippen molar-refractivity contribution in [3.05, 3.63) is 63.4 Å². The Balaban J connectivity index is 1.57. The molecule has 0 bridgehead atoms. The standard InChI is InChI=1S/C16H16N2S2/c1-12-4-2-5-14(18-12)9-17-10-15-8-13(11-20-15)16-6-3-7-19-16/h2-8,11,17H,9-10H2,1H3. The molecule has 0 spiro atoms. The van der Waals surface area contributed by atoms with Gasteiger partial charge in [0.15, 0.2) is 0 Å². The molecule has 0 aromatic carbocycles. The van der Waals surface area contributed by atoms with E-state index in [4.69, 9.17) is 0 Å². The van der Waals surface area contributed by atoms with Gasteiger partial charge >= 0.3 is 0 Å². The van der Waals surface area contributed by atoms with E-state index in [1.165, 1.54) is 15.3 Å². The van der Waals surface area contributed by atoms with Gasteiger partial charge in [0, 0.05) is 34.1 Å². The third kappa shape index (κ3) is 3.33. The molecule has 2 nitrogen and oxygen atoms in total. The fraction of sp³-hybridized carbons (Fsp3) is 0.188. The Bertz CT molecular complexity index is 671. The molecule has 0 radical (unpaired) electrons. The van der Waals surface area contributed by atoms with Crippen LogP contribution in [-0.4, -0.2) is 4.98 Å². The van der Waals surface area contributed by atoms with Crippen LogP contribution in [0.4, 0.5) is 0 Å². The fourth-order valence-corrected chi connectivity index (χ4v) is 3.70. The van der Waals surface area contributed by atoms with E-state index in [1.807, 2.05) is 24.3 Å². The second-order valence-corrected chi connectivity index (χ2v) is 6.60. The first-order chi connectivity index (χ1) is 9.81. The molecule has 0 amide bonds. The molecule has 0 aliphatic heterocycles. The van der Waals surface area contributed by atoms with E-state index >= 15 is 0 Å². The molecule has 0 fully saturated rings. The molecule has 0 aliphatic carbocycles. The van der Waals surface area contributed by atoms with Crippen LogP contribution in [-0.2, 0) is 13.1 Å². The molecule has 3 heterocycles. The molecule has 20 heavy (non-hydrogen) atoms. The van der Waals surface area contributed by atoms with E-state index in [9.17, 15) is 0 Å². The molecule has 3 rings (SSSR count). The minimum Gasteiger partial charge on any atom is -0.306 e. The summed E-state index contributed by atoms with van der Waals surface area (Å²) in [6, 6.07) is 12.7. The molecule has 0 atom stereocenters. The van der Waals surface area contributed by atoms with E-state index in [2.05, 4.69) is 51.4 Å². The van der Waals surface area contributed by atoms with Gasteiger partial charge < -0.3 is 5.32 Å². The summed E-state index contributed by atoms with van der Waals surface area (Å²) in [5.74, 6) is 0. The molecule has 3 aromatic rings. The average Bonchev–Trinajstić information content (AvgIpc) is 3.09. The number of thiophene rings is 2. The molecule has 0 aliphatic rings. The Morgan fingerprint density at radius 1 is 1.10 bits per heavy atom. The van der Waals surface area contributed by atoms with Gasteiger partial charge in [-0.15, -0.1) is 22.7 Å². The number of rotatable bonds is 5. The van der Waals surface area contributed by atoms with Gasteiger partial charge in [0.25, 0.3) is 0 Å². The number of pyridine rings is 1. The number of hydrogen-bond acceptors (Lipinski definition) is 4. The van der Waals surface area contributed by atoms with Crippen molar-refractivity contribution in [3.63, 3.8) is 0 Å². The molecule has 4 heteroatoms. The Hall–Kier alpha value is -1.49. The van der Waals surface area contributed by atoms with Gasteiger partial charge in [-0.1, -0.05) is 12.1 Å². The molecule has 1 N–H and O–H groups in total. The van der Waals surface area contributed by atoms with Crippen LogP contribution < -0.4 is 5.32 Å². The Kier molecular flexibility index (Phi) is 4.25. The Morgan fingerprint density at radius 2 is 2.05 bits per heavy atom. The molecule has 102 valence electrons. The van der Waals surface area contributed by atoms with Crippen molar-refractivity contribution >= 4 is 22.7 Å². The van der Waals surface area contributed by atoms with Crippen LogP contribution in [0.5, 0.6) is 0 Å². The summed E-state index contributed by atoms with van der Waals surface area (Å²) in [6.07, 6.45) is 0. The van der Waals surface area contributed by atoms with Crippen LogP contribution >= 0.6 is 22.7 Å². The molecular formula is C16H16N2S2. The highest BCUT2D eigenvalue weighted by molar-refractivity contribution is 7.14. The van der Waals surface area contributed by atoms with Gasteiger partial charge in [-0.05, 0) is 41.9 Å². The van der Waals surface area contributed by atoms with Crippen molar-refractivity contribution in [1.82, 2.24) is 10.3 Å². The largest absolute Gasteiger partial charge is 0.306 e. The molecule has 0 unspecified atom stereocenters. The predicted molar refractivity (Wildman–Crippen MR) is 87.1 cm³/mol. The van der Waals surface area contributed by atoms with E-state index < -0.39 is 0 Å². The van der Waals surface area contributed by atoms with Gasteiger partial charge in [0.2, 0.25) is 0 Å². The van der Waals surface area contributed by atoms with Crippen LogP contribution in [0, 0.1) is 6.92 Å². The van der Waals surface area contributed by atoms with Crippen molar-refractivity contribution < 1.29 is 0 Å².